The number of carbonyl (C=O) groups is 2. The van der Waals surface area contributed by atoms with Gasteiger partial charge in [-0.15, -0.1) is 0 Å². The summed E-state index contributed by atoms with van der Waals surface area (Å²) in [5.41, 5.74) is -2.68. The predicted octanol–water partition coefficient (Wildman–Crippen LogP) is 1.09. The molecule has 0 bridgehead atoms. The van der Waals surface area contributed by atoms with E-state index < -0.39 is 35.5 Å². The fourth-order valence-corrected chi connectivity index (χ4v) is 3.57. The van der Waals surface area contributed by atoms with E-state index in [2.05, 4.69) is 4.99 Å². The van der Waals surface area contributed by atoms with Gasteiger partial charge in [-0.25, -0.2) is 19.0 Å². The molecule has 0 radical (unpaired) electrons. The largest absolute Gasteiger partial charge is 0.462 e. The Bertz CT molecular complexity index is 550. The van der Waals surface area contributed by atoms with Gasteiger partial charge in [-0.05, 0) is 27.7 Å². The Morgan fingerprint density at radius 2 is 2.17 bits per heavy atom. The van der Waals surface area contributed by atoms with Gasteiger partial charge in [0.15, 0.2) is 5.17 Å². The standard InChI is InChI=1S/C15H23FN2O5S/c1-5-22-12(20)15(21)8-24-13(17-15)18-7-9(16)6-10(18)11(19)23-14(2,3)4/h9-10,21H,5-8H2,1-4H3/t9-,10+,15?/m1/s1. The van der Waals surface area contributed by atoms with Crippen LogP contribution in [-0.4, -0.2) is 69.6 Å². The quantitative estimate of drug-likeness (QED) is 0.752. The highest BCUT2D eigenvalue weighted by Crippen LogP contribution is 2.34. The lowest BCUT2D eigenvalue weighted by Crippen LogP contribution is -2.43. The van der Waals surface area contributed by atoms with Gasteiger partial charge in [0.25, 0.3) is 5.72 Å². The summed E-state index contributed by atoms with van der Waals surface area (Å²) < 4.78 is 24.0. The minimum absolute atomic E-state index is 0.00761. The van der Waals surface area contributed by atoms with Crippen LogP contribution in [0.25, 0.3) is 0 Å². The zero-order chi connectivity index (χ0) is 18.1. The predicted molar refractivity (Wildman–Crippen MR) is 87.3 cm³/mol. The Kier molecular flexibility index (Phi) is 5.44. The van der Waals surface area contributed by atoms with E-state index in [0.717, 1.165) is 11.8 Å². The van der Waals surface area contributed by atoms with Crippen molar-refractivity contribution in [3.63, 3.8) is 0 Å². The second-order valence-electron chi connectivity index (χ2n) is 6.75. The molecule has 9 heteroatoms. The van der Waals surface area contributed by atoms with E-state index >= 15 is 0 Å². The van der Waals surface area contributed by atoms with Crippen molar-refractivity contribution in [2.24, 2.45) is 4.99 Å². The van der Waals surface area contributed by atoms with Crippen molar-refractivity contribution in [3.8, 4) is 0 Å². The Morgan fingerprint density at radius 3 is 2.75 bits per heavy atom. The topological polar surface area (TPSA) is 88.4 Å². The third kappa shape index (κ3) is 4.18. The molecule has 1 saturated heterocycles. The first-order valence-electron chi connectivity index (χ1n) is 7.81. The van der Waals surface area contributed by atoms with Crippen LogP contribution < -0.4 is 0 Å². The van der Waals surface area contributed by atoms with Crippen LogP contribution in [0.2, 0.25) is 0 Å². The number of ether oxygens (including phenoxy) is 2. The molecule has 1 N–H and O–H groups in total. The van der Waals surface area contributed by atoms with Crippen LogP contribution in [0.5, 0.6) is 0 Å². The number of aliphatic imine (C=N–C) groups is 1. The number of hydrogen-bond donors (Lipinski definition) is 1. The number of alkyl halides is 1. The molecule has 3 atom stereocenters. The number of thioether (sulfide) groups is 1. The number of likely N-dealkylation sites (tertiary alicyclic amines) is 1. The minimum atomic E-state index is -2.00. The number of aliphatic hydroxyl groups is 1. The maximum Gasteiger partial charge on any atom is 0.362 e. The molecule has 24 heavy (non-hydrogen) atoms. The van der Waals surface area contributed by atoms with Crippen molar-refractivity contribution in [1.29, 1.82) is 0 Å². The molecule has 0 saturated carbocycles. The fourth-order valence-electron chi connectivity index (χ4n) is 2.48. The summed E-state index contributed by atoms with van der Waals surface area (Å²) in [5.74, 6) is -1.43. The third-order valence-corrected chi connectivity index (χ3v) is 4.59. The molecule has 1 unspecified atom stereocenters. The SMILES string of the molecule is CCOC(=O)C1(O)CSC(N2C[C@H](F)C[C@H]2C(=O)OC(C)(C)C)=N1. The molecule has 0 spiro atoms. The molecule has 136 valence electrons. The minimum Gasteiger partial charge on any atom is -0.462 e. The highest BCUT2D eigenvalue weighted by atomic mass is 32.2. The maximum atomic E-state index is 13.9. The van der Waals surface area contributed by atoms with Gasteiger partial charge in [0.05, 0.1) is 18.9 Å². The molecule has 2 heterocycles. The van der Waals surface area contributed by atoms with Gasteiger partial charge in [-0.2, -0.15) is 0 Å². The third-order valence-electron chi connectivity index (χ3n) is 3.46. The first kappa shape index (κ1) is 19.0. The van der Waals surface area contributed by atoms with Gasteiger partial charge in [-0.3, -0.25) is 0 Å². The van der Waals surface area contributed by atoms with Crippen molar-refractivity contribution in [1.82, 2.24) is 4.90 Å². The van der Waals surface area contributed by atoms with Crippen molar-refractivity contribution in [2.75, 3.05) is 18.9 Å². The number of hydrogen-bond acceptors (Lipinski definition) is 8. The number of halogens is 1. The first-order chi connectivity index (χ1) is 11.1. The van der Waals surface area contributed by atoms with E-state index in [1.54, 1.807) is 27.7 Å². The van der Waals surface area contributed by atoms with E-state index in [1.807, 2.05) is 0 Å². The Labute approximate surface area is 144 Å². The normalized spacial score (nSPS) is 30.2. The molecule has 0 aromatic carbocycles. The van der Waals surface area contributed by atoms with Gasteiger partial charge < -0.3 is 19.5 Å². The number of rotatable bonds is 3. The number of amidine groups is 1. The Morgan fingerprint density at radius 1 is 1.50 bits per heavy atom. The van der Waals surface area contributed by atoms with Crippen molar-refractivity contribution >= 4 is 28.9 Å². The second kappa shape index (κ2) is 6.87. The summed E-state index contributed by atoms with van der Waals surface area (Å²) in [6.07, 6.45) is -1.21. The van der Waals surface area contributed by atoms with Crippen LogP contribution in [0.15, 0.2) is 4.99 Å². The lowest BCUT2D eigenvalue weighted by atomic mass is 10.1. The lowest BCUT2D eigenvalue weighted by Gasteiger charge is -2.27. The zero-order valence-corrected chi connectivity index (χ0v) is 15.1. The number of carbonyl (C=O) groups excluding carboxylic acids is 2. The summed E-state index contributed by atoms with van der Waals surface area (Å²) in [5, 5.41) is 10.5. The van der Waals surface area contributed by atoms with Crippen LogP contribution in [-0.2, 0) is 19.1 Å². The van der Waals surface area contributed by atoms with Crippen LogP contribution in [0.1, 0.15) is 34.1 Å². The number of esters is 2. The molecule has 7 nitrogen and oxygen atoms in total. The average Bonchev–Trinajstić information content (AvgIpc) is 3.01. The molecule has 2 aliphatic heterocycles. The van der Waals surface area contributed by atoms with Gasteiger partial charge in [-0.1, -0.05) is 11.8 Å². The monoisotopic (exact) mass is 362 g/mol. The molecule has 2 aliphatic rings. The van der Waals surface area contributed by atoms with Gasteiger partial charge >= 0.3 is 11.9 Å². The summed E-state index contributed by atoms with van der Waals surface area (Å²) in [4.78, 5) is 29.6. The molecular formula is C15H23FN2O5S. The van der Waals surface area contributed by atoms with Crippen molar-refractivity contribution < 1.29 is 28.6 Å². The van der Waals surface area contributed by atoms with Crippen molar-refractivity contribution in [2.45, 2.75) is 57.7 Å². The molecule has 0 aromatic heterocycles. The van der Waals surface area contributed by atoms with E-state index in [4.69, 9.17) is 9.47 Å². The Balaban J connectivity index is 2.17. The summed E-state index contributed by atoms with van der Waals surface area (Å²) >= 11 is 1.09. The fraction of sp³-hybridized carbons (Fsp3) is 0.800. The summed E-state index contributed by atoms with van der Waals surface area (Å²) in [7, 11) is 0. The summed E-state index contributed by atoms with van der Waals surface area (Å²) in [6.45, 7) is 6.91. The first-order valence-corrected chi connectivity index (χ1v) is 8.80. The van der Waals surface area contributed by atoms with E-state index in [9.17, 15) is 19.1 Å². The van der Waals surface area contributed by atoms with Crippen LogP contribution in [0.4, 0.5) is 4.39 Å². The van der Waals surface area contributed by atoms with E-state index in [0.29, 0.717) is 0 Å². The summed E-state index contributed by atoms with van der Waals surface area (Å²) in [6, 6.07) is -0.824. The van der Waals surface area contributed by atoms with Gasteiger partial charge in [0.2, 0.25) is 0 Å². The number of nitrogens with zero attached hydrogens (tertiary/aromatic N) is 2. The van der Waals surface area contributed by atoms with Gasteiger partial charge in [0, 0.05) is 6.42 Å². The molecular weight excluding hydrogens is 339 g/mol. The second-order valence-corrected chi connectivity index (χ2v) is 7.70. The van der Waals surface area contributed by atoms with E-state index in [1.165, 1.54) is 4.90 Å². The molecule has 0 amide bonds. The van der Waals surface area contributed by atoms with Crippen LogP contribution in [0, 0.1) is 0 Å². The maximum absolute atomic E-state index is 13.9. The lowest BCUT2D eigenvalue weighted by molar-refractivity contribution is -0.161. The average molecular weight is 362 g/mol. The molecule has 2 rings (SSSR count). The van der Waals surface area contributed by atoms with Crippen molar-refractivity contribution in [3.05, 3.63) is 0 Å². The van der Waals surface area contributed by atoms with Crippen LogP contribution in [0.3, 0.4) is 0 Å². The highest BCUT2D eigenvalue weighted by molar-refractivity contribution is 8.14. The highest BCUT2D eigenvalue weighted by Gasteiger charge is 2.48. The zero-order valence-electron chi connectivity index (χ0n) is 14.2. The van der Waals surface area contributed by atoms with E-state index in [-0.39, 0.29) is 30.5 Å². The smallest absolute Gasteiger partial charge is 0.362 e. The molecule has 1 fully saturated rings. The van der Waals surface area contributed by atoms with Crippen LogP contribution >= 0.6 is 11.8 Å². The molecule has 0 aromatic rings. The van der Waals surface area contributed by atoms with Gasteiger partial charge in [0.1, 0.15) is 17.8 Å². The molecule has 0 aliphatic carbocycles. The Hall–Kier alpha value is -1.35.